The van der Waals surface area contributed by atoms with Crippen LogP contribution in [0.25, 0.3) is 0 Å². The van der Waals surface area contributed by atoms with Gasteiger partial charge in [0, 0.05) is 16.6 Å². The van der Waals surface area contributed by atoms with Crippen molar-refractivity contribution in [1.29, 1.82) is 0 Å². The van der Waals surface area contributed by atoms with Gasteiger partial charge in [-0.15, -0.1) is 0 Å². The van der Waals surface area contributed by atoms with E-state index in [1.165, 1.54) is 18.9 Å². The minimum absolute atomic E-state index is 0.00352. The Morgan fingerprint density at radius 2 is 2.17 bits per heavy atom. The second-order valence-corrected chi connectivity index (χ2v) is 6.30. The van der Waals surface area contributed by atoms with Crippen LogP contribution in [0.1, 0.15) is 44.7 Å². The molecule has 0 amide bonds. The topological polar surface area (TPSA) is 12.0 Å². The van der Waals surface area contributed by atoms with Crippen molar-refractivity contribution in [3.05, 3.63) is 34.6 Å². The normalized spacial score (nSPS) is 24.2. The largest absolute Gasteiger partial charge is 0.313 e. The average molecular weight is 270 g/mol. The van der Waals surface area contributed by atoms with E-state index in [0.717, 1.165) is 6.42 Å². The molecule has 0 aliphatic heterocycles. The number of benzene rings is 1. The minimum atomic E-state index is -0.204. The van der Waals surface area contributed by atoms with Crippen LogP contribution in [0.5, 0.6) is 0 Å². The predicted octanol–water partition coefficient (Wildman–Crippen LogP) is 4.57. The van der Waals surface area contributed by atoms with Crippen LogP contribution in [0.2, 0.25) is 5.02 Å². The van der Waals surface area contributed by atoms with E-state index in [-0.39, 0.29) is 17.3 Å². The fourth-order valence-electron chi connectivity index (χ4n) is 3.33. The van der Waals surface area contributed by atoms with E-state index in [9.17, 15) is 4.39 Å². The van der Waals surface area contributed by atoms with Crippen molar-refractivity contribution in [1.82, 2.24) is 5.32 Å². The van der Waals surface area contributed by atoms with Crippen LogP contribution >= 0.6 is 11.6 Å². The Bertz CT molecular complexity index is 410. The third-order valence-electron chi connectivity index (χ3n) is 4.36. The smallest absolute Gasteiger partial charge is 0.129 e. The van der Waals surface area contributed by atoms with Gasteiger partial charge in [0.05, 0.1) is 0 Å². The summed E-state index contributed by atoms with van der Waals surface area (Å²) < 4.78 is 14.1. The van der Waals surface area contributed by atoms with Gasteiger partial charge in [-0.05, 0) is 43.4 Å². The molecule has 0 bridgehead atoms. The maximum atomic E-state index is 14.1. The Morgan fingerprint density at radius 3 is 2.67 bits per heavy atom. The molecule has 0 aromatic heterocycles. The Kier molecular flexibility index (Phi) is 3.98. The lowest BCUT2D eigenvalue weighted by Crippen LogP contribution is -2.32. The molecule has 1 aliphatic rings. The number of nitrogens with one attached hydrogen (secondary N) is 1. The molecule has 2 unspecified atom stereocenters. The lowest BCUT2D eigenvalue weighted by Gasteiger charge is -2.34. The van der Waals surface area contributed by atoms with Gasteiger partial charge in [-0.25, -0.2) is 4.39 Å². The van der Waals surface area contributed by atoms with E-state index in [4.69, 9.17) is 11.6 Å². The molecule has 3 heteroatoms. The number of hydrogen-bond acceptors (Lipinski definition) is 1. The first-order chi connectivity index (χ1) is 8.47. The van der Waals surface area contributed by atoms with Crippen molar-refractivity contribution in [2.45, 2.75) is 39.2 Å². The van der Waals surface area contributed by atoms with E-state index < -0.39 is 0 Å². The molecule has 0 radical (unpaired) electrons. The molecule has 1 N–H and O–H groups in total. The molecule has 2 atom stereocenters. The van der Waals surface area contributed by atoms with Crippen LogP contribution < -0.4 is 5.32 Å². The average Bonchev–Trinajstić information content (AvgIpc) is 2.64. The molecule has 18 heavy (non-hydrogen) atoms. The quantitative estimate of drug-likeness (QED) is 0.848. The van der Waals surface area contributed by atoms with Crippen LogP contribution in [0.3, 0.4) is 0 Å². The Morgan fingerprint density at radius 1 is 1.44 bits per heavy atom. The van der Waals surface area contributed by atoms with Gasteiger partial charge in [0.2, 0.25) is 0 Å². The summed E-state index contributed by atoms with van der Waals surface area (Å²) in [6.07, 6.45) is 3.53. The third kappa shape index (κ3) is 2.41. The molecule has 1 fully saturated rings. The maximum absolute atomic E-state index is 14.1. The van der Waals surface area contributed by atoms with Gasteiger partial charge in [0.25, 0.3) is 0 Å². The van der Waals surface area contributed by atoms with Gasteiger partial charge in [0.15, 0.2) is 0 Å². The van der Waals surface area contributed by atoms with Crippen molar-refractivity contribution >= 4 is 11.6 Å². The van der Waals surface area contributed by atoms with Crippen molar-refractivity contribution in [3.8, 4) is 0 Å². The van der Waals surface area contributed by atoms with Gasteiger partial charge < -0.3 is 5.32 Å². The molecule has 0 spiro atoms. The predicted molar refractivity (Wildman–Crippen MR) is 74.3 cm³/mol. The van der Waals surface area contributed by atoms with E-state index >= 15 is 0 Å². The van der Waals surface area contributed by atoms with Gasteiger partial charge in [-0.3, -0.25) is 0 Å². The van der Waals surface area contributed by atoms with Crippen molar-refractivity contribution < 1.29 is 4.39 Å². The summed E-state index contributed by atoms with van der Waals surface area (Å²) in [4.78, 5) is 0. The highest BCUT2D eigenvalue weighted by Gasteiger charge is 2.40. The van der Waals surface area contributed by atoms with Crippen LogP contribution in [0, 0.1) is 17.2 Å². The highest BCUT2D eigenvalue weighted by molar-refractivity contribution is 6.31. The third-order valence-corrected chi connectivity index (χ3v) is 4.69. The first kappa shape index (κ1) is 13.8. The van der Waals surface area contributed by atoms with Crippen molar-refractivity contribution in [2.75, 3.05) is 7.05 Å². The van der Waals surface area contributed by atoms with Gasteiger partial charge in [-0.2, -0.15) is 0 Å². The van der Waals surface area contributed by atoms with E-state index in [1.807, 2.05) is 7.05 Å². The van der Waals surface area contributed by atoms with Crippen LogP contribution in [-0.2, 0) is 0 Å². The summed E-state index contributed by atoms with van der Waals surface area (Å²) in [6, 6.07) is 4.92. The molecule has 0 heterocycles. The minimum Gasteiger partial charge on any atom is -0.313 e. The molecule has 2 rings (SSSR count). The van der Waals surface area contributed by atoms with Crippen LogP contribution in [0.15, 0.2) is 18.2 Å². The maximum Gasteiger partial charge on any atom is 0.129 e. The highest BCUT2D eigenvalue weighted by atomic mass is 35.5. The lowest BCUT2D eigenvalue weighted by atomic mass is 9.75. The Labute approximate surface area is 114 Å². The molecule has 1 aliphatic carbocycles. The summed E-state index contributed by atoms with van der Waals surface area (Å²) in [7, 11) is 1.89. The molecule has 1 aromatic carbocycles. The molecular weight excluding hydrogens is 249 g/mol. The molecular formula is C15H21ClFN. The first-order valence-electron chi connectivity index (χ1n) is 6.58. The van der Waals surface area contributed by atoms with Gasteiger partial charge >= 0.3 is 0 Å². The number of hydrogen-bond donors (Lipinski definition) is 1. The fourth-order valence-corrected chi connectivity index (χ4v) is 3.61. The zero-order valence-corrected chi connectivity index (χ0v) is 12.0. The number of halogens is 2. The van der Waals surface area contributed by atoms with Crippen LogP contribution in [-0.4, -0.2) is 7.05 Å². The van der Waals surface area contributed by atoms with Crippen molar-refractivity contribution in [2.24, 2.45) is 11.3 Å². The SMILES string of the molecule is CNC(c1c(F)cccc1Cl)C1CCCC1(C)C. The second-order valence-electron chi connectivity index (χ2n) is 5.89. The summed E-state index contributed by atoms with van der Waals surface area (Å²) in [5.41, 5.74) is 0.862. The van der Waals surface area contributed by atoms with E-state index in [0.29, 0.717) is 16.5 Å². The zero-order valence-electron chi connectivity index (χ0n) is 11.3. The molecule has 0 saturated heterocycles. The molecule has 1 saturated carbocycles. The summed E-state index contributed by atoms with van der Waals surface area (Å²) in [6.45, 7) is 4.54. The Hall–Kier alpha value is -0.600. The van der Waals surface area contributed by atoms with Gasteiger partial charge in [0.1, 0.15) is 5.82 Å². The van der Waals surface area contributed by atoms with Gasteiger partial charge in [-0.1, -0.05) is 37.9 Å². The summed E-state index contributed by atoms with van der Waals surface area (Å²) in [5, 5.41) is 3.80. The Balaban J connectivity index is 2.40. The zero-order chi connectivity index (χ0) is 13.3. The summed E-state index contributed by atoms with van der Waals surface area (Å²) in [5.74, 6) is 0.224. The highest BCUT2D eigenvalue weighted by Crippen LogP contribution is 2.49. The van der Waals surface area contributed by atoms with Crippen molar-refractivity contribution in [3.63, 3.8) is 0 Å². The van der Waals surface area contributed by atoms with E-state index in [1.54, 1.807) is 12.1 Å². The molecule has 1 nitrogen and oxygen atoms in total. The second kappa shape index (κ2) is 5.18. The fraction of sp³-hybridized carbons (Fsp3) is 0.600. The first-order valence-corrected chi connectivity index (χ1v) is 6.96. The van der Waals surface area contributed by atoms with E-state index in [2.05, 4.69) is 19.2 Å². The van der Waals surface area contributed by atoms with Crippen LogP contribution in [0.4, 0.5) is 4.39 Å². The number of rotatable bonds is 3. The molecule has 1 aromatic rings. The monoisotopic (exact) mass is 269 g/mol. The standard InChI is InChI=1S/C15H21ClFN/c1-15(2)9-5-6-10(15)14(18-3)13-11(16)7-4-8-12(13)17/h4,7-8,10,14,18H,5-6,9H2,1-3H3. The summed E-state index contributed by atoms with van der Waals surface area (Å²) >= 11 is 6.19. The molecule has 100 valence electrons. The lowest BCUT2D eigenvalue weighted by molar-refractivity contribution is 0.201.